The summed E-state index contributed by atoms with van der Waals surface area (Å²) < 4.78 is 0. The molecule has 0 radical (unpaired) electrons. The average Bonchev–Trinajstić information content (AvgIpc) is 2.67. The number of aliphatic imine (C=N–C) groups is 1. The van der Waals surface area contributed by atoms with Gasteiger partial charge in [-0.2, -0.15) is 0 Å². The van der Waals surface area contributed by atoms with Gasteiger partial charge in [-0.15, -0.1) is 24.0 Å². The van der Waals surface area contributed by atoms with Crippen molar-refractivity contribution in [2.24, 2.45) is 4.99 Å². The lowest BCUT2D eigenvalue weighted by molar-refractivity contribution is 0.136. The van der Waals surface area contributed by atoms with Crippen LogP contribution in [0.2, 0.25) is 0 Å². The fraction of sp³-hybridized carbons (Fsp3) is 0.650. The molecule has 0 bridgehead atoms. The predicted molar refractivity (Wildman–Crippen MR) is 123 cm³/mol. The molecule has 1 fully saturated rings. The van der Waals surface area contributed by atoms with Gasteiger partial charge in [0.15, 0.2) is 5.96 Å². The topological polar surface area (TPSA) is 42.9 Å². The SMILES string of the molecule is CCN1CCN(CCCCNC(=NC)NC(C)c2ccccc2)CC1.I. The van der Waals surface area contributed by atoms with Crippen LogP contribution in [0.15, 0.2) is 35.3 Å². The van der Waals surface area contributed by atoms with Crippen molar-refractivity contribution in [1.82, 2.24) is 20.4 Å². The Bertz CT molecular complexity index is 500. The van der Waals surface area contributed by atoms with Crippen LogP contribution in [-0.4, -0.2) is 68.6 Å². The van der Waals surface area contributed by atoms with Gasteiger partial charge in [-0.1, -0.05) is 37.3 Å². The van der Waals surface area contributed by atoms with Crippen LogP contribution < -0.4 is 10.6 Å². The lowest BCUT2D eigenvalue weighted by Gasteiger charge is -2.34. The van der Waals surface area contributed by atoms with Gasteiger partial charge in [-0.25, -0.2) is 0 Å². The highest BCUT2D eigenvalue weighted by Gasteiger charge is 2.14. The molecule has 6 heteroatoms. The average molecular weight is 473 g/mol. The predicted octanol–water partition coefficient (Wildman–Crippen LogP) is 2.95. The number of nitrogens with one attached hydrogen (secondary N) is 2. The Kier molecular flexibility index (Phi) is 11.9. The van der Waals surface area contributed by atoms with Crippen molar-refractivity contribution in [3.8, 4) is 0 Å². The van der Waals surface area contributed by atoms with E-state index >= 15 is 0 Å². The highest BCUT2D eigenvalue weighted by molar-refractivity contribution is 14.0. The molecule has 2 rings (SSSR count). The smallest absolute Gasteiger partial charge is 0.191 e. The van der Waals surface area contributed by atoms with E-state index in [0.29, 0.717) is 0 Å². The molecule has 0 amide bonds. The Balaban J connectivity index is 0.00000338. The largest absolute Gasteiger partial charge is 0.356 e. The second-order valence-corrected chi connectivity index (χ2v) is 6.76. The Morgan fingerprint density at radius 1 is 1.08 bits per heavy atom. The molecule has 148 valence electrons. The minimum absolute atomic E-state index is 0. The molecule has 0 aromatic heterocycles. The number of benzene rings is 1. The van der Waals surface area contributed by atoms with Crippen LogP contribution >= 0.6 is 24.0 Å². The second-order valence-electron chi connectivity index (χ2n) is 6.76. The van der Waals surface area contributed by atoms with E-state index in [4.69, 9.17) is 0 Å². The van der Waals surface area contributed by atoms with Gasteiger partial charge in [0.1, 0.15) is 0 Å². The zero-order valence-electron chi connectivity index (χ0n) is 16.6. The van der Waals surface area contributed by atoms with Crippen molar-refractivity contribution in [3.05, 3.63) is 35.9 Å². The molecule has 26 heavy (non-hydrogen) atoms. The van der Waals surface area contributed by atoms with Crippen LogP contribution in [0.3, 0.4) is 0 Å². The molecule has 0 aliphatic carbocycles. The van der Waals surface area contributed by atoms with Gasteiger partial charge in [0.05, 0.1) is 6.04 Å². The number of likely N-dealkylation sites (N-methyl/N-ethyl adjacent to an activating group) is 1. The van der Waals surface area contributed by atoms with Gasteiger partial charge < -0.3 is 20.4 Å². The number of halogens is 1. The second kappa shape index (κ2) is 13.3. The quantitative estimate of drug-likeness (QED) is 0.264. The van der Waals surface area contributed by atoms with Gasteiger partial charge in [-0.3, -0.25) is 4.99 Å². The first-order valence-corrected chi connectivity index (χ1v) is 9.69. The van der Waals surface area contributed by atoms with Crippen molar-refractivity contribution in [1.29, 1.82) is 0 Å². The van der Waals surface area contributed by atoms with Gasteiger partial charge in [0, 0.05) is 39.8 Å². The third-order valence-electron chi connectivity index (χ3n) is 4.98. The summed E-state index contributed by atoms with van der Waals surface area (Å²) in [5.41, 5.74) is 1.27. The van der Waals surface area contributed by atoms with Crippen LogP contribution in [0.5, 0.6) is 0 Å². The molecule has 2 N–H and O–H groups in total. The number of rotatable bonds is 8. The molecule has 1 aliphatic heterocycles. The van der Waals surface area contributed by atoms with Crippen molar-refractivity contribution in [2.75, 3.05) is 52.9 Å². The highest BCUT2D eigenvalue weighted by Crippen LogP contribution is 2.10. The molecule has 1 unspecified atom stereocenters. The molecule has 1 heterocycles. The van der Waals surface area contributed by atoms with Crippen molar-refractivity contribution >= 4 is 29.9 Å². The molecule has 1 aromatic carbocycles. The van der Waals surface area contributed by atoms with Crippen LogP contribution in [0.4, 0.5) is 0 Å². The Morgan fingerprint density at radius 2 is 1.73 bits per heavy atom. The van der Waals surface area contributed by atoms with Crippen LogP contribution in [0, 0.1) is 0 Å². The minimum atomic E-state index is 0. The highest BCUT2D eigenvalue weighted by atomic mass is 127. The van der Waals surface area contributed by atoms with E-state index in [0.717, 1.165) is 12.5 Å². The van der Waals surface area contributed by atoms with E-state index in [1.807, 2.05) is 13.1 Å². The third-order valence-corrected chi connectivity index (χ3v) is 4.98. The van der Waals surface area contributed by atoms with Crippen LogP contribution in [-0.2, 0) is 0 Å². The molecular weight excluding hydrogens is 437 g/mol. The number of piperazine rings is 1. The molecule has 5 nitrogen and oxygen atoms in total. The zero-order chi connectivity index (χ0) is 17.9. The molecule has 0 spiro atoms. The van der Waals surface area contributed by atoms with Crippen LogP contribution in [0.1, 0.15) is 38.3 Å². The van der Waals surface area contributed by atoms with E-state index in [-0.39, 0.29) is 30.0 Å². The summed E-state index contributed by atoms with van der Waals surface area (Å²) in [6.07, 6.45) is 2.42. The standard InChI is InChI=1S/C20H35N5.HI/c1-4-24-14-16-25(17-15-24)13-9-8-12-22-20(21-3)23-18(2)19-10-6-5-7-11-19;/h5-7,10-11,18H,4,8-9,12-17H2,1-3H3,(H2,21,22,23);1H. The summed E-state index contributed by atoms with van der Waals surface area (Å²) in [5.74, 6) is 0.882. The molecular formula is C20H36IN5. The van der Waals surface area contributed by atoms with Gasteiger partial charge in [0.2, 0.25) is 0 Å². The van der Waals surface area contributed by atoms with E-state index in [1.54, 1.807) is 0 Å². The molecule has 1 saturated heterocycles. The normalized spacial score (nSPS) is 17.4. The summed E-state index contributed by atoms with van der Waals surface area (Å²) in [6.45, 7) is 12.7. The minimum Gasteiger partial charge on any atom is -0.356 e. The maximum atomic E-state index is 4.34. The maximum Gasteiger partial charge on any atom is 0.191 e. The molecule has 1 aliphatic rings. The molecule has 1 aromatic rings. The van der Waals surface area contributed by atoms with Gasteiger partial charge in [-0.05, 0) is 38.4 Å². The fourth-order valence-electron chi connectivity index (χ4n) is 3.22. The first kappa shape index (κ1) is 23.2. The number of hydrogen-bond acceptors (Lipinski definition) is 3. The van der Waals surface area contributed by atoms with E-state index in [9.17, 15) is 0 Å². The Labute approximate surface area is 176 Å². The van der Waals surface area contributed by atoms with Crippen LogP contribution in [0.25, 0.3) is 0 Å². The summed E-state index contributed by atoms with van der Waals surface area (Å²) in [7, 11) is 1.83. The lowest BCUT2D eigenvalue weighted by Crippen LogP contribution is -2.46. The first-order chi connectivity index (χ1) is 12.2. The Hall–Kier alpha value is -0.860. The van der Waals surface area contributed by atoms with Crippen molar-refractivity contribution in [3.63, 3.8) is 0 Å². The molecule has 1 atom stereocenters. The Morgan fingerprint density at radius 3 is 2.35 bits per heavy atom. The van der Waals surface area contributed by atoms with E-state index in [2.05, 4.69) is 63.5 Å². The first-order valence-electron chi connectivity index (χ1n) is 9.69. The van der Waals surface area contributed by atoms with Gasteiger partial charge in [0.25, 0.3) is 0 Å². The van der Waals surface area contributed by atoms with Crippen molar-refractivity contribution < 1.29 is 0 Å². The fourth-order valence-corrected chi connectivity index (χ4v) is 3.22. The van der Waals surface area contributed by atoms with E-state index < -0.39 is 0 Å². The summed E-state index contributed by atoms with van der Waals surface area (Å²) in [6, 6.07) is 10.7. The lowest BCUT2D eigenvalue weighted by atomic mass is 10.1. The molecule has 0 saturated carbocycles. The third kappa shape index (κ3) is 8.22. The zero-order valence-corrected chi connectivity index (χ0v) is 18.9. The van der Waals surface area contributed by atoms with E-state index in [1.165, 1.54) is 57.7 Å². The number of unbranched alkanes of at least 4 members (excludes halogenated alkanes) is 1. The maximum absolute atomic E-state index is 4.34. The number of guanidine groups is 1. The summed E-state index contributed by atoms with van der Waals surface area (Å²) in [4.78, 5) is 9.46. The summed E-state index contributed by atoms with van der Waals surface area (Å²) >= 11 is 0. The monoisotopic (exact) mass is 473 g/mol. The summed E-state index contributed by atoms with van der Waals surface area (Å²) in [5, 5.41) is 6.89. The number of hydrogen-bond donors (Lipinski definition) is 2. The van der Waals surface area contributed by atoms with Crippen molar-refractivity contribution in [2.45, 2.75) is 32.7 Å². The number of nitrogens with zero attached hydrogens (tertiary/aromatic N) is 3. The van der Waals surface area contributed by atoms with Gasteiger partial charge >= 0.3 is 0 Å².